The fourth-order valence-corrected chi connectivity index (χ4v) is 2.11. The van der Waals surface area contributed by atoms with Gasteiger partial charge in [0, 0.05) is 30.6 Å². The SMILES string of the molecule is Cn1ccc(NN=C2OCC=CC2=Cc2ccccc2F)c1. The molecule has 5 heteroatoms. The molecule has 0 unspecified atom stereocenters. The number of hydrogen-bond acceptors (Lipinski definition) is 3. The van der Waals surface area contributed by atoms with E-state index in [1.54, 1.807) is 24.3 Å². The quantitative estimate of drug-likeness (QED) is 0.880. The van der Waals surface area contributed by atoms with E-state index in [2.05, 4.69) is 10.5 Å². The maximum atomic E-state index is 13.8. The molecule has 0 fully saturated rings. The number of nitrogens with one attached hydrogen (secondary N) is 1. The first kappa shape index (κ1) is 14.1. The zero-order valence-electron chi connectivity index (χ0n) is 12.2. The summed E-state index contributed by atoms with van der Waals surface area (Å²) in [4.78, 5) is 0. The number of rotatable bonds is 3. The van der Waals surface area contributed by atoms with E-state index < -0.39 is 0 Å². The van der Waals surface area contributed by atoms with Crippen molar-refractivity contribution in [3.05, 3.63) is 71.8 Å². The molecule has 0 radical (unpaired) electrons. The number of ether oxygens (including phenoxy) is 1. The van der Waals surface area contributed by atoms with Crippen molar-refractivity contribution >= 4 is 17.7 Å². The fraction of sp³-hybridized carbons (Fsp3) is 0.118. The Labute approximate surface area is 128 Å². The molecule has 2 aromatic rings. The van der Waals surface area contributed by atoms with Gasteiger partial charge >= 0.3 is 0 Å². The Bertz CT molecular complexity index is 759. The Morgan fingerprint density at radius 2 is 2.18 bits per heavy atom. The maximum absolute atomic E-state index is 13.8. The lowest BCUT2D eigenvalue weighted by Gasteiger charge is -2.13. The second kappa shape index (κ2) is 6.30. The van der Waals surface area contributed by atoms with Gasteiger partial charge in [0.2, 0.25) is 5.90 Å². The van der Waals surface area contributed by atoms with Crippen LogP contribution in [-0.4, -0.2) is 17.1 Å². The first-order valence-corrected chi connectivity index (χ1v) is 6.94. The van der Waals surface area contributed by atoms with E-state index in [0.29, 0.717) is 18.1 Å². The van der Waals surface area contributed by atoms with Gasteiger partial charge in [-0.3, -0.25) is 5.43 Å². The third-order valence-electron chi connectivity index (χ3n) is 3.20. The van der Waals surface area contributed by atoms with Crippen molar-refractivity contribution in [2.24, 2.45) is 12.1 Å². The lowest BCUT2D eigenvalue weighted by molar-refractivity contribution is 0.346. The van der Waals surface area contributed by atoms with E-state index in [1.807, 2.05) is 42.2 Å². The summed E-state index contributed by atoms with van der Waals surface area (Å²) in [6, 6.07) is 8.51. The third-order valence-corrected chi connectivity index (χ3v) is 3.20. The van der Waals surface area contributed by atoms with E-state index >= 15 is 0 Å². The zero-order valence-corrected chi connectivity index (χ0v) is 12.2. The van der Waals surface area contributed by atoms with Crippen LogP contribution in [0.2, 0.25) is 0 Å². The van der Waals surface area contributed by atoms with Crippen LogP contribution in [0.15, 0.2) is 65.6 Å². The molecule has 112 valence electrons. The molecule has 0 atom stereocenters. The lowest BCUT2D eigenvalue weighted by Crippen LogP contribution is -2.13. The first-order chi connectivity index (χ1) is 10.7. The Hall–Kier alpha value is -2.82. The predicted molar refractivity (Wildman–Crippen MR) is 85.9 cm³/mol. The van der Waals surface area contributed by atoms with Crippen LogP contribution >= 0.6 is 0 Å². The zero-order chi connectivity index (χ0) is 15.4. The highest BCUT2D eigenvalue weighted by molar-refractivity contribution is 6.01. The molecule has 2 heterocycles. The number of nitrogens with zero attached hydrogens (tertiary/aromatic N) is 2. The van der Waals surface area contributed by atoms with Crippen LogP contribution in [0.3, 0.4) is 0 Å². The van der Waals surface area contributed by atoms with Gasteiger partial charge in [0.25, 0.3) is 0 Å². The van der Waals surface area contributed by atoms with E-state index in [-0.39, 0.29) is 5.82 Å². The van der Waals surface area contributed by atoms with Gasteiger partial charge in [0.1, 0.15) is 12.4 Å². The monoisotopic (exact) mass is 297 g/mol. The van der Waals surface area contributed by atoms with Crippen molar-refractivity contribution in [1.82, 2.24) is 4.57 Å². The Morgan fingerprint density at radius 3 is 2.95 bits per heavy atom. The summed E-state index contributed by atoms with van der Waals surface area (Å²) in [7, 11) is 1.93. The first-order valence-electron chi connectivity index (χ1n) is 6.94. The van der Waals surface area contributed by atoms with Crippen molar-refractivity contribution in [2.75, 3.05) is 12.0 Å². The molecular formula is C17H16FN3O. The number of anilines is 1. The molecule has 1 aromatic carbocycles. The summed E-state index contributed by atoms with van der Waals surface area (Å²) in [5.41, 5.74) is 5.02. The van der Waals surface area contributed by atoms with Gasteiger partial charge in [0.05, 0.1) is 5.69 Å². The van der Waals surface area contributed by atoms with E-state index in [4.69, 9.17) is 4.74 Å². The minimum absolute atomic E-state index is 0.274. The summed E-state index contributed by atoms with van der Waals surface area (Å²) in [6.07, 6.45) is 9.29. The average molecular weight is 297 g/mol. The van der Waals surface area contributed by atoms with E-state index in [9.17, 15) is 4.39 Å². The number of hydrogen-bond donors (Lipinski definition) is 1. The summed E-state index contributed by atoms with van der Waals surface area (Å²) < 4.78 is 21.2. The molecule has 22 heavy (non-hydrogen) atoms. The number of halogens is 1. The second-order valence-electron chi connectivity index (χ2n) is 4.93. The van der Waals surface area contributed by atoms with Gasteiger partial charge in [-0.05, 0) is 24.3 Å². The molecule has 0 saturated carbocycles. The Balaban J connectivity index is 1.86. The van der Waals surface area contributed by atoms with E-state index in [1.165, 1.54) is 6.07 Å². The van der Waals surface area contributed by atoms with Gasteiger partial charge < -0.3 is 9.30 Å². The van der Waals surface area contributed by atoms with Crippen LogP contribution in [0.5, 0.6) is 0 Å². The van der Waals surface area contributed by atoms with Crippen LogP contribution in [0.1, 0.15) is 5.56 Å². The van der Waals surface area contributed by atoms with Gasteiger partial charge in [-0.15, -0.1) is 5.10 Å². The topological polar surface area (TPSA) is 38.5 Å². The summed E-state index contributed by atoms with van der Waals surface area (Å²) >= 11 is 0. The molecule has 0 spiro atoms. The van der Waals surface area contributed by atoms with Crippen LogP contribution in [-0.2, 0) is 11.8 Å². The highest BCUT2D eigenvalue weighted by Gasteiger charge is 2.11. The molecule has 0 saturated heterocycles. The molecule has 0 bridgehead atoms. The largest absolute Gasteiger partial charge is 0.472 e. The van der Waals surface area contributed by atoms with Gasteiger partial charge in [-0.1, -0.05) is 24.3 Å². The van der Waals surface area contributed by atoms with E-state index in [0.717, 1.165) is 11.3 Å². The van der Waals surface area contributed by atoms with Crippen molar-refractivity contribution in [3.63, 3.8) is 0 Å². The lowest BCUT2D eigenvalue weighted by atomic mass is 10.1. The van der Waals surface area contributed by atoms with Crippen molar-refractivity contribution < 1.29 is 9.13 Å². The van der Waals surface area contributed by atoms with Crippen molar-refractivity contribution in [3.8, 4) is 0 Å². The highest BCUT2D eigenvalue weighted by Crippen LogP contribution is 2.17. The van der Waals surface area contributed by atoms with Crippen LogP contribution in [0.4, 0.5) is 10.1 Å². The van der Waals surface area contributed by atoms with Crippen LogP contribution in [0, 0.1) is 5.82 Å². The molecular weight excluding hydrogens is 281 g/mol. The standard InChI is InChI=1S/C17H16FN3O/c1-21-9-8-15(12-21)19-20-17-14(6-4-10-22-17)11-13-5-2-3-7-16(13)18/h2-9,11-12,19H,10H2,1H3. The van der Waals surface area contributed by atoms with Crippen LogP contribution in [0.25, 0.3) is 6.08 Å². The average Bonchev–Trinajstić information content (AvgIpc) is 2.94. The molecule has 1 aliphatic rings. The smallest absolute Gasteiger partial charge is 0.238 e. The summed E-state index contributed by atoms with van der Waals surface area (Å²) in [6.45, 7) is 0.448. The highest BCUT2D eigenvalue weighted by atomic mass is 19.1. The summed E-state index contributed by atoms with van der Waals surface area (Å²) in [5.74, 6) is 0.166. The van der Waals surface area contributed by atoms with Crippen molar-refractivity contribution in [1.29, 1.82) is 0 Å². The van der Waals surface area contributed by atoms with Gasteiger partial charge in [0.15, 0.2) is 0 Å². The minimum Gasteiger partial charge on any atom is -0.472 e. The van der Waals surface area contributed by atoms with Gasteiger partial charge in [-0.25, -0.2) is 4.39 Å². The molecule has 0 amide bonds. The van der Waals surface area contributed by atoms with Gasteiger partial charge in [-0.2, -0.15) is 0 Å². The molecule has 1 aliphatic heterocycles. The normalized spacial score (nSPS) is 17.7. The Morgan fingerprint density at radius 1 is 1.32 bits per heavy atom. The molecule has 0 aliphatic carbocycles. The fourth-order valence-electron chi connectivity index (χ4n) is 2.11. The molecule has 1 N–H and O–H groups in total. The second-order valence-corrected chi connectivity index (χ2v) is 4.93. The third kappa shape index (κ3) is 3.25. The number of aryl methyl sites for hydroxylation is 1. The van der Waals surface area contributed by atoms with Crippen molar-refractivity contribution in [2.45, 2.75) is 0 Å². The summed E-state index contributed by atoms with van der Waals surface area (Å²) in [5, 5.41) is 4.26. The predicted octanol–water partition coefficient (Wildman–Crippen LogP) is 3.56. The number of hydrazone groups is 1. The molecule has 4 nitrogen and oxygen atoms in total. The Kier molecular flexibility index (Phi) is 4.05. The number of benzene rings is 1. The van der Waals surface area contributed by atoms with Crippen LogP contribution < -0.4 is 5.43 Å². The molecule has 1 aromatic heterocycles. The molecule has 3 rings (SSSR count). The minimum atomic E-state index is -0.274. The maximum Gasteiger partial charge on any atom is 0.238 e. The number of aromatic nitrogens is 1.